The Kier molecular flexibility index (Phi) is 7.11. The van der Waals surface area contributed by atoms with Crippen LogP contribution >= 0.6 is 11.6 Å². The molecule has 0 unspecified atom stereocenters. The molecule has 0 spiro atoms. The quantitative estimate of drug-likeness (QED) is 0.267. The number of rotatable bonds is 8. The molecule has 2 fully saturated rings. The Morgan fingerprint density at radius 3 is 2.40 bits per heavy atom. The third-order valence-electron chi connectivity index (χ3n) is 7.81. The van der Waals surface area contributed by atoms with Crippen molar-refractivity contribution in [3.63, 3.8) is 0 Å². The van der Waals surface area contributed by atoms with Gasteiger partial charge >= 0.3 is 5.97 Å². The van der Waals surface area contributed by atoms with Crippen molar-refractivity contribution in [2.24, 2.45) is 0 Å². The summed E-state index contributed by atoms with van der Waals surface area (Å²) in [4.78, 5) is 38.6. The molecule has 2 bridgehead atoms. The van der Waals surface area contributed by atoms with E-state index in [1.165, 1.54) is 12.1 Å². The van der Waals surface area contributed by atoms with Crippen LogP contribution in [-0.4, -0.2) is 57.0 Å². The maximum Gasteiger partial charge on any atom is 0.303 e. The number of aromatic nitrogens is 2. The number of hydrogen-bond acceptors (Lipinski definition) is 5. The largest absolute Gasteiger partial charge is 0.481 e. The summed E-state index contributed by atoms with van der Waals surface area (Å²) in [5, 5.41) is 9.64. The maximum atomic E-state index is 13.6. The van der Waals surface area contributed by atoms with Gasteiger partial charge in [0, 0.05) is 47.4 Å². The van der Waals surface area contributed by atoms with E-state index >= 15 is 0 Å². The fourth-order valence-electron chi connectivity index (χ4n) is 5.84. The topological polar surface area (TPSA) is 86.6 Å². The number of hydrogen-bond donors (Lipinski definition) is 1. The van der Waals surface area contributed by atoms with Crippen molar-refractivity contribution in [1.29, 1.82) is 0 Å². The summed E-state index contributed by atoms with van der Waals surface area (Å²) in [7, 11) is 0. The van der Waals surface area contributed by atoms with Crippen molar-refractivity contribution in [1.82, 2.24) is 14.9 Å². The average Bonchev–Trinajstić information content (AvgIpc) is 3.57. The average molecular weight is 559 g/mol. The predicted molar refractivity (Wildman–Crippen MR) is 152 cm³/mol. The van der Waals surface area contributed by atoms with Gasteiger partial charge in [-0.2, -0.15) is 0 Å². The SMILES string of the molecule is O=C(O)CCCCc1nc2cc(C(=O)N3C[C@@H]4C[C@H]3CN4c3ccc(F)cc3)ccc2nc1-c1ccc(Cl)cc1. The Morgan fingerprint density at radius 2 is 1.70 bits per heavy atom. The van der Waals surface area contributed by atoms with Gasteiger partial charge in [0.1, 0.15) is 5.82 Å². The van der Waals surface area contributed by atoms with Crippen molar-refractivity contribution < 1.29 is 19.1 Å². The van der Waals surface area contributed by atoms with Gasteiger partial charge in [0.2, 0.25) is 0 Å². The molecule has 7 nitrogen and oxygen atoms in total. The van der Waals surface area contributed by atoms with Gasteiger partial charge in [0.25, 0.3) is 5.91 Å². The Bertz CT molecular complexity index is 1580. The first kappa shape index (κ1) is 26.2. The van der Waals surface area contributed by atoms with Crippen molar-refractivity contribution in [2.45, 2.75) is 44.2 Å². The molecule has 1 N–H and O–H groups in total. The molecule has 2 aliphatic heterocycles. The van der Waals surface area contributed by atoms with Crippen LogP contribution in [-0.2, 0) is 11.2 Å². The van der Waals surface area contributed by atoms with E-state index in [0.717, 1.165) is 35.6 Å². The monoisotopic (exact) mass is 558 g/mol. The standard InChI is InChI=1S/C31H28ClFN4O3/c32-21-8-5-19(6-9-21)30-27(3-1-2-4-29(38)39)34-28-15-20(7-14-26(28)35-30)31(40)37-18-24-16-25(37)17-36(24)23-12-10-22(33)11-13-23/h5-15,24-25H,1-4,16-18H2,(H,38,39)/t24-,25-/m0/s1. The smallest absolute Gasteiger partial charge is 0.303 e. The fourth-order valence-corrected chi connectivity index (χ4v) is 5.96. The van der Waals surface area contributed by atoms with E-state index in [2.05, 4.69) is 4.90 Å². The van der Waals surface area contributed by atoms with E-state index in [4.69, 9.17) is 26.7 Å². The summed E-state index contributed by atoms with van der Waals surface area (Å²) < 4.78 is 13.4. The van der Waals surface area contributed by atoms with Gasteiger partial charge in [-0.15, -0.1) is 0 Å². The van der Waals surface area contributed by atoms with Crippen LogP contribution in [0.1, 0.15) is 41.7 Å². The van der Waals surface area contributed by atoms with Crippen LogP contribution < -0.4 is 4.90 Å². The molecule has 1 amide bonds. The molecule has 2 saturated heterocycles. The number of aryl methyl sites for hydroxylation is 1. The van der Waals surface area contributed by atoms with E-state index in [9.17, 15) is 14.0 Å². The normalized spacial score (nSPS) is 18.1. The number of anilines is 1. The van der Waals surface area contributed by atoms with Gasteiger partial charge in [-0.1, -0.05) is 23.7 Å². The first-order valence-electron chi connectivity index (χ1n) is 13.5. The summed E-state index contributed by atoms with van der Waals surface area (Å²) in [5.74, 6) is -1.10. The highest BCUT2D eigenvalue weighted by molar-refractivity contribution is 6.30. The lowest BCUT2D eigenvalue weighted by Gasteiger charge is -2.35. The number of carboxylic acid groups (broad SMARTS) is 1. The van der Waals surface area contributed by atoms with E-state index < -0.39 is 5.97 Å². The molecule has 0 radical (unpaired) electrons. The number of nitrogens with zero attached hydrogens (tertiary/aromatic N) is 4. The van der Waals surface area contributed by atoms with E-state index in [-0.39, 0.29) is 30.2 Å². The van der Waals surface area contributed by atoms with E-state index in [1.807, 2.05) is 23.1 Å². The predicted octanol–water partition coefficient (Wildman–Crippen LogP) is 5.99. The van der Waals surface area contributed by atoms with Crippen LogP contribution in [0.25, 0.3) is 22.3 Å². The molecule has 40 heavy (non-hydrogen) atoms. The molecule has 1 aromatic heterocycles. The summed E-state index contributed by atoms with van der Waals surface area (Å²) in [5.41, 5.74) is 5.24. The van der Waals surface area contributed by atoms with Gasteiger partial charge in [-0.25, -0.2) is 14.4 Å². The second kappa shape index (κ2) is 10.8. The van der Waals surface area contributed by atoms with Gasteiger partial charge in [0.05, 0.1) is 28.5 Å². The van der Waals surface area contributed by atoms with Crippen molar-refractivity contribution in [3.05, 3.63) is 88.8 Å². The number of likely N-dealkylation sites (tertiary alicyclic amines) is 1. The molecule has 4 aromatic rings. The highest BCUT2D eigenvalue weighted by Crippen LogP contribution is 2.36. The van der Waals surface area contributed by atoms with Crippen molar-refractivity contribution >= 4 is 40.2 Å². The highest BCUT2D eigenvalue weighted by Gasteiger charge is 2.45. The van der Waals surface area contributed by atoms with Crippen LogP contribution in [0.2, 0.25) is 5.02 Å². The lowest BCUT2D eigenvalue weighted by molar-refractivity contribution is -0.137. The maximum absolute atomic E-state index is 13.6. The zero-order chi connectivity index (χ0) is 27.8. The second-order valence-corrected chi connectivity index (χ2v) is 10.9. The van der Waals surface area contributed by atoms with Gasteiger partial charge in [0.15, 0.2) is 0 Å². The number of carbonyl (C=O) groups is 2. The van der Waals surface area contributed by atoms with Crippen LogP contribution in [0.3, 0.4) is 0 Å². The molecule has 0 aliphatic carbocycles. The number of unbranched alkanes of at least 4 members (excludes halogenated alkanes) is 1. The summed E-state index contributed by atoms with van der Waals surface area (Å²) in [6.45, 7) is 1.34. The third-order valence-corrected chi connectivity index (χ3v) is 8.07. The molecular weight excluding hydrogens is 531 g/mol. The number of carbonyl (C=O) groups excluding carboxylic acids is 1. The number of carboxylic acids is 1. The Balaban J connectivity index is 1.24. The van der Waals surface area contributed by atoms with E-state index in [1.54, 1.807) is 36.4 Å². The van der Waals surface area contributed by atoms with Gasteiger partial charge in [-0.05, 0) is 80.3 Å². The number of aliphatic carboxylic acids is 1. The Hall–Kier alpha value is -4.04. The van der Waals surface area contributed by atoms with Crippen molar-refractivity contribution in [2.75, 3.05) is 18.0 Å². The number of fused-ring (bicyclic) bond motifs is 3. The molecule has 2 aliphatic rings. The molecule has 3 heterocycles. The lowest BCUT2D eigenvalue weighted by Crippen LogP contribution is -2.48. The number of amides is 1. The van der Waals surface area contributed by atoms with E-state index in [0.29, 0.717) is 47.4 Å². The summed E-state index contributed by atoms with van der Waals surface area (Å²) in [6, 6.07) is 19.7. The summed E-state index contributed by atoms with van der Waals surface area (Å²) in [6.07, 6.45) is 2.77. The van der Waals surface area contributed by atoms with Crippen LogP contribution in [0.5, 0.6) is 0 Å². The molecule has 6 rings (SSSR count). The first-order chi connectivity index (χ1) is 19.4. The number of benzene rings is 3. The Morgan fingerprint density at radius 1 is 0.925 bits per heavy atom. The van der Waals surface area contributed by atoms with Crippen LogP contribution in [0.15, 0.2) is 66.7 Å². The minimum Gasteiger partial charge on any atom is -0.481 e. The van der Waals surface area contributed by atoms with Crippen LogP contribution in [0.4, 0.5) is 10.1 Å². The molecule has 204 valence electrons. The van der Waals surface area contributed by atoms with Crippen LogP contribution in [0, 0.1) is 5.82 Å². The minimum absolute atomic E-state index is 0.0280. The fraction of sp³-hybridized carbons (Fsp3) is 0.290. The van der Waals surface area contributed by atoms with Crippen molar-refractivity contribution in [3.8, 4) is 11.3 Å². The number of halogens is 2. The molecule has 2 atom stereocenters. The summed E-state index contributed by atoms with van der Waals surface area (Å²) >= 11 is 6.09. The zero-order valence-electron chi connectivity index (χ0n) is 21.8. The second-order valence-electron chi connectivity index (χ2n) is 10.5. The van der Waals surface area contributed by atoms with Gasteiger partial charge < -0.3 is 14.9 Å². The molecule has 9 heteroatoms. The molecular formula is C31H28ClFN4O3. The first-order valence-corrected chi connectivity index (χ1v) is 13.8. The zero-order valence-corrected chi connectivity index (χ0v) is 22.5. The molecule has 3 aromatic carbocycles. The number of piperazine rings is 1. The van der Waals surface area contributed by atoms with Gasteiger partial charge in [-0.3, -0.25) is 9.59 Å². The molecule has 0 saturated carbocycles. The minimum atomic E-state index is -0.818. The lowest BCUT2D eigenvalue weighted by atomic mass is 10.0. The highest BCUT2D eigenvalue weighted by atomic mass is 35.5. The Labute approximate surface area is 236 Å². The third kappa shape index (κ3) is 5.23.